The molecule has 0 fully saturated rings. The van der Waals surface area contributed by atoms with Crippen molar-refractivity contribution in [2.24, 2.45) is 0 Å². The predicted octanol–water partition coefficient (Wildman–Crippen LogP) is 1.73. The third-order valence-electron chi connectivity index (χ3n) is 2.92. The zero-order valence-corrected chi connectivity index (χ0v) is 10.8. The fraction of sp³-hybridized carbons (Fsp3) is 0.583. The summed E-state index contributed by atoms with van der Waals surface area (Å²) in [6, 6.07) is 1.84. The van der Waals surface area contributed by atoms with Gasteiger partial charge in [-0.1, -0.05) is 13.3 Å². The van der Waals surface area contributed by atoms with E-state index in [-0.39, 0.29) is 0 Å². The molecule has 17 heavy (non-hydrogen) atoms. The second kappa shape index (κ2) is 5.12. The lowest BCUT2D eigenvalue weighted by atomic mass is 10.0. The molecule has 0 amide bonds. The van der Waals surface area contributed by atoms with Gasteiger partial charge in [-0.05, 0) is 20.3 Å². The van der Waals surface area contributed by atoms with Gasteiger partial charge in [-0.25, -0.2) is 14.8 Å². The molecule has 1 N–H and O–H groups in total. The summed E-state index contributed by atoms with van der Waals surface area (Å²) in [7, 11) is 1.73. The molecule has 94 valence electrons. The van der Waals surface area contributed by atoms with Gasteiger partial charge in [-0.3, -0.25) is 0 Å². The quantitative estimate of drug-likeness (QED) is 0.844. The Morgan fingerprint density at radius 2 is 2.12 bits per heavy atom. The lowest BCUT2D eigenvalue weighted by Crippen LogP contribution is -2.48. The van der Waals surface area contributed by atoms with Crippen LogP contribution in [0.2, 0.25) is 0 Å². The molecule has 0 aliphatic carbocycles. The molecule has 0 unspecified atom stereocenters. The Balaban J connectivity index is 2.99. The van der Waals surface area contributed by atoms with Crippen LogP contribution >= 0.6 is 0 Å². The number of anilines is 1. The van der Waals surface area contributed by atoms with Gasteiger partial charge in [0.2, 0.25) is 0 Å². The molecular weight excluding hydrogens is 218 g/mol. The average molecular weight is 237 g/mol. The van der Waals surface area contributed by atoms with E-state index in [0.29, 0.717) is 5.82 Å². The van der Waals surface area contributed by atoms with Crippen molar-refractivity contribution in [3.63, 3.8) is 0 Å². The molecule has 1 heterocycles. The zero-order valence-electron chi connectivity index (χ0n) is 10.8. The number of carboxylic acid groups (broad SMARTS) is 1. The highest BCUT2D eigenvalue weighted by molar-refractivity contribution is 5.81. The first kappa shape index (κ1) is 13.4. The van der Waals surface area contributed by atoms with Gasteiger partial charge >= 0.3 is 5.97 Å². The van der Waals surface area contributed by atoms with Crippen LogP contribution in [0.1, 0.15) is 32.9 Å². The summed E-state index contributed by atoms with van der Waals surface area (Å²) in [4.78, 5) is 21.1. The van der Waals surface area contributed by atoms with Crippen molar-refractivity contribution in [2.45, 2.75) is 39.2 Å². The Bertz CT molecular complexity index is 404. The molecule has 1 rings (SSSR count). The van der Waals surface area contributed by atoms with Crippen molar-refractivity contribution in [3.05, 3.63) is 18.1 Å². The lowest BCUT2D eigenvalue weighted by Gasteiger charge is -2.32. The smallest absolute Gasteiger partial charge is 0.328 e. The minimum atomic E-state index is -0.988. The Morgan fingerprint density at radius 3 is 2.65 bits per heavy atom. The van der Waals surface area contributed by atoms with E-state index in [0.717, 1.165) is 18.5 Å². The number of hydrogen-bond acceptors (Lipinski definition) is 4. The Morgan fingerprint density at radius 1 is 1.47 bits per heavy atom. The van der Waals surface area contributed by atoms with Crippen LogP contribution in [-0.4, -0.2) is 33.6 Å². The molecule has 0 aromatic carbocycles. The first-order valence-electron chi connectivity index (χ1n) is 5.67. The number of aromatic nitrogens is 2. The summed E-state index contributed by atoms with van der Waals surface area (Å²) in [5.74, 6) is -0.244. The fourth-order valence-electron chi connectivity index (χ4n) is 1.39. The molecule has 0 atom stereocenters. The molecule has 0 aliphatic heterocycles. The molecule has 0 saturated heterocycles. The SMILES string of the molecule is CCCc1cc(N(C)C(C)(C)C(=O)O)ncn1. The molecule has 0 aliphatic rings. The molecule has 5 nitrogen and oxygen atoms in total. The molecule has 5 heteroatoms. The van der Waals surface area contributed by atoms with Gasteiger partial charge in [0.15, 0.2) is 0 Å². The number of aryl methyl sites for hydroxylation is 1. The molecule has 1 aromatic heterocycles. The van der Waals surface area contributed by atoms with Crippen molar-refractivity contribution >= 4 is 11.8 Å². The summed E-state index contributed by atoms with van der Waals surface area (Å²) in [6.07, 6.45) is 3.36. The van der Waals surface area contributed by atoms with E-state index in [1.54, 1.807) is 25.8 Å². The van der Waals surface area contributed by atoms with E-state index in [1.807, 2.05) is 6.07 Å². The standard InChI is InChI=1S/C12H19N3O2/c1-5-6-9-7-10(14-8-13-9)15(4)12(2,3)11(16)17/h7-8H,5-6H2,1-4H3,(H,16,17). The van der Waals surface area contributed by atoms with Crippen LogP contribution in [0.15, 0.2) is 12.4 Å². The Labute approximate surface area is 102 Å². The molecule has 0 radical (unpaired) electrons. The number of rotatable bonds is 5. The summed E-state index contributed by atoms with van der Waals surface area (Å²) in [5.41, 5.74) is -0.0526. The van der Waals surface area contributed by atoms with Crippen LogP contribution in [0.4, 0.5) is 5.82 Å². The van der Waals surface area contributed by atoms with Crippen molar-refractivity contribution in [1.82, 2.24) is 9.97 Å². The van der Waals surface area contributed by atoms with E-state index in [9.17, 15) is 4.79 Å². The van der Waals surface area contributed by atoms with Gasteiger partial charge < -0.3 is 10.0 Å². The van der Waals surface area contributed by atoms with Crippen LogP contribution in [0.3, 0.4) is 0 Å². The van der Waals surface area contributed by atoms with Gasteiger partial charge in [0, 0.05) is 18.8 Å². The van der Waals surface area contributed by atoms with Gasteiger partial charge in [0.05, 0.1) is 0 Å². The van der Waals surface area contributed by atoms with Crippen LogP contribution in [0.5, 0.6) is 0 Å². The number of aliphatic carboxylic acids is 1. The molecule has 1 aromatic rings. The van der Waals surface area contributed by atoms with Crippen molar-refractivity contribution in [3.8, 4) is 0 Å². The summed E-state index contributed by atoms with van der Waals surface area (Å²) < 4.78 is 0. The summed E-state index contributed by atoms with van der Waals surface area (Å²) >= 11 is 0. The number of hydrogen-bond donors (Lipinski definition) is 1. The maximum Gasteiger partial charge on any atom is 0.328 e. The van der Waals surface area contributed by atoms with E-state index in [1.165, 1.54) is 6.33 Å². The Kier molecular flexibility index (Phi) is 4.04. The average Bonchev–Trinajstić information content (AvgIpc) is 2.28. The topological polar surface area (TPSA) is 66.3 Å². The summed E-state index contributed by atoms with van der Waals surface area (Å²) in [6.45, 7) is 5.38. The normalized spacial score (nSPS) is 11.3. The maximum absolute atomic E-state index is 11.2. The number of nitrogens with zero attached hydrogens (tertiary/aromatic N) is 3. The van der Waals surface area contributed by atoms with Crippen molar-refractivity contribution in [2.75, 3.05) is 11.9 Å². The molecule has 0 bridgehead atoms. The first-order chi connectivity index (χ1) is 7.89. The third kappa shape index (κ3) is 2.93. The monoisotopic (exact) mass is 237 g/mol. The lowest BCUT2D eigenvalue weighted by molar-refractivity contribution is -0.142. The zero-order chi connectivity index (χ0) is 13.1. The maximum atomic E-state index is 11.2. The van der Waals surface area contributed by atoms with Crippen LogP contribution in [0.25, 0.3) is 0 Å². The van der Waals surface area contributed by atoms with E-state index in [2.05, 4.69) is 16.9 Å². The van der Waals surface area contributed by atoms with Crippen molar-refractivity contribution in [1.29, 1.82) is 0 Å². The van der Waals surface area contributed by atoms with Crippen LogP contribution in [-0.2, 0) is 11.2 Å². The van der Waals surface area contributed by atoms with Gasteiger partial charge in [-0.2, -0.15) is 0 Å². The van der Waals surface area contributed by atoms with E-state index >= 15 is 0 Å². The highest BCUT2D eigenvalue weighted by Crippen LogP contribution is 2.20. The van der Waals surface area contributed by atoms with Crippen LogP contribution in [0, 0.1) is 0 Å². The van der Waals surface area contributed by atoms with Gasteiger partial charge in [0.25, 0.3) is 0 Å². The van der Waals surface area contributed by atoms with E-state index < -0.39 is 11.5 Å². The van der Waals surface area contributed by atoms with E-state index in [4.69, 9.17) is 5.11 Å². The minimum Gasteiger partial charge on any atom is -0.480 e. The highest BCUT2D eigenvalue weighted by Gasteiger charge is 2.33. The first-order valence-corrected chi connectivity index (χ1v) is 5.67. The van der Waals surface area contributed by atoms with Gasteiger partial charge in [-0.15, -0.1) is 0 Å². The van der Waals surface area contributed by atoms with Crippen molar-refractivity contribution < 1.29 is 9.90 Å². The molecule has 0 saturated carbocycles. The summed E-state index contributed by atoms with van der Waals surface area (Å²) in [5, 5.41) is 9.16. The minimum absolute atomic E-state index is 0.635. The number of likely N-dealkylation sites (N-methyl/N-ethyl adjacent to an activating group) is 1. The van der Waals surface area contributed by atoms with Gasteiger partial charge in [0.1, 0.15) is 17.7 Å². The Hall–Kier alpha value is -1.65. The largest absolute Gasteiger partial charge is 0.480 e. The second-order valence-electron chi connectivity index (χ2n) is 4.54. The van der Waals surface area contributed by atoms with Crippen LogP contribution < -0.4 is 4.90 Å². The molecule has 0 spiro atoms. The predicted molar refractivity (Wildman–Crippen MR) is 66.1 cm³/mol. The fourth-order valence-corrected chi connectivity index (χ4v) is 1.39. The second-order valence-corrected chi connectivity index (χ2v) is 4.54. The number of carboxylic acids is 1. The number of carbonyl (C=O) groups is 1. The molecular formula is C12H19N3O2. The highest BCUT2D eigenvalue weighted by atomic mass is 16.4. The third-order valence-corrected chi connectivity index (χ3v) is 2.92.